The molecule has 0 aliphatic carbocycles. The van der Waals surface area contributed by atoms with E-state index in [1.807, 2.05) is 45.0 Å². The number of rotatable bonds is 11. The van der Waals surface area contributed by atoms with Crippen molar-refractivity contribution in [3.8, 4) is 5.75 Å². The van der Waals surface area contributed by atoms with E-state index in [0.717, 1.165) is 29.1 Å². The number of hydrogen-bond acceptors (Lipinski definition) is 5. The normalized spacial score (nSPS) is 11.0. The topological polar surface area (TPSA) is 59.1 Å². The van der Waals surface area contributed by atoms with E-state index in [2.05, 4.69) is 46.6 Å². The summed E-state index contributed by atoms with van der Waals surface area (Å²) in [5.41, 5.74) is 5.47. The fourth-order valence-electron chi connectivity index (χ4n) is 3.67. The average molecular weight is 467 g/mol. The van der Waals surface area contributed by atoms with Gasteiger partial charge in [0.1, 0.15) is 10.8 Å². The Morgan fingerprint density at radius 3 is 2.48 bits per heavy atom. The van der Waals surface area contributed by atoms with Gasteiger partial charge < -0.3 is 15.4 Å². The van der Waals surface area contributed by atoms with Crippen LogP contribution in [-0.2, 0) is 6.42 Å². The van der Waals surface area contributed by atoms with Crippen molar-refractivity contribution >= 4 is 34.7 Å². The van der Waals surface area contributed by atoms with Gasteiger partial charge in [-0.15, -0.1) is 0 Å². The van der Waals surface area contributed by atoms with Gasteiger partial charge in [-0.2, -0.15) is 4.98 Å². The monoisotopic (exact) mass is 466 g/mol. The standard InChI is InChI=1S/C27H35ClN4O/c1-6-7-8-9-13-21-16-25(33-18(2)3)24(15-20(21)5)31-27-29-17-22(28)26(32-27)30-23-14-11-10-12-19(23)4/h10-12,14-18H,6-9,13H2,1-5H3,(H2,29,30,31,32). The molecule has 6 heteroatoms. The van der Waals surface area contributed by atoms with Crippen molar-refractivity contribution in [1.29, 1.82) is 0 Å². The van der Waals surface area contributed by atoms with Crippen LogP contribution in [0.3, 0.4) is 0 Å². The van der Waals surface area contributed by atoms with Crippen molar-refractivity contribution in [2.75, 3.05) is 10.6 Å². The van der Waals surface area contributed by atoms with Crippen LogP contribution in [0, 0.1) is 13.8 Å². The van der Waals surface area contributed by atoms with Gasteiger partial charge in [0.2, 0.25) is 5.95 Å². The van der Waals surface area contributed by atoms with Gasteiger partial charge >= 0.3 is 0 Å². The van der Waals surface area contributed by atoms with Crippen molar-refractivity contribution in [1.82, 2.24) is 9.97 Å². The van der Waals surface area contributed by atoms with Gasteiger partial charge in [0.05, 0.1) is 18.0 Å². The zero-order valence-corrected chi connectivity index (χ0v) is 21.1. The number of aryl methyl sites for hydroxylation is 3. The highest BCUT2D eigenvalue weighted by Gasteiger charge is 2.14. The summed E-state index contributed by atoms with van der Waals surface area (Å²) in [6.07, 6.45) is 7.69. The molecule has 0 amide bonds. The van der Waals surface area contributed by atoms with E-state index in [9.17, 15) is 0 Å². The summed E-state index contributed by atoms with van der Waals surface area (Å²) < 4.78 is 6.15. The highest BCUT2D eigenvalue weighted by atomic mass is 35.5. The van der Waals surface area contributed by atoms with Gasteiger partial charge in [0.15, 0.2) is 5.82 Å². The molecule has 0 aliphatic heterocycles. The van der Waals surface area contributed by atoms with Crippen molar-refractivity contribution < 1.29 is 4.74 Å². The molecule has 33 heavy (non-hydrogen) atoms. The molecule has 5 nitrogen and oxygen atoms in total. The van der Waals surface area contributed by atoms with E-state index in [1.165, 1.54) is 36.8 Å². The molecular formula is C27H35ClN4O. The van der Waals surface area contributed by atoms with Gasteiger partial charge in [0, 0.05) is 5.69 Å². The Kier molecular flexibility index (Phi) is 8.95. The number of ether oxygens (including phenoxy) is 1. The lowest BCUT2D eigenvalue weighted by Crippen LogP contribution is -2.09. The number of para-hydroxylation sites is 1. The molecule has 0 spiro atoms. The SMILES string of the molecule is CCCCCCc1cc(OC(C)C)c(Nc2ncc(Cl)c(Nc3ccccc3C)n2)cc1C. The maximum absolute atomic E-state index is 6.38. The second kappa shape index (κ2) is 11.9. The molecule has 0 atom stereocenters. The number of aromatic nitrogens is 2. The van der Waals surface area contributed by atoms with Gasteiger partial charge in [-0.25, -0.2) is 4.98 Å². The third-order valence-corrected chi connectivity index (χ3v) is 5.77. The number of unbranched alkanes of at least 4 members (excludes halogenated alkanes) is 3. The molecule has 3 aromatic rings. The summed E-state index contributed by atoms with van der Waals surface area (Å²) in [7, 11) is 0. The van der Waals surface area contributed by atoms with Gasteiger partial charge in [-0.3, -0.25) is 0 Å². The third kappa shape index (κ3) is 7.10. The minimum absolute atomic E-state index is 0.0608. The van der Waals surface area contributed by atoms with Crippen molar-refractivity contribution in [2.45, 2.75) is 72.8 Å². The van der Waals surface area contributed by atoms with Crippen LogP contribution in [0.4, 0.5) is 23.1 Å². The summed E-state index contributed by atoms with van der Waals surface area (Å²) >= 11 is 6.38. The molecule has 3 rings (SSSR count). The average Bonchev–Trinajstić information content (AvgIpc) is 2.77. The predicted molar refractivity (Wildman–Crippen MR) is 140 cm³/mol. The van der Waals surface area contributed by atoms with Crippen LogP contribution < -0.4 is 15.4 Å². The highest BCUT2D eigenvalue weighted by molar-refractivity contribution is 6.32. The van der Waals surface area contributed by atoms with E-state index in [-0.39, 0.29) is 6.10 Å². The van der Waals surface area contributed by atoms with Crippen molar-refractivity contribution in [2.24, 2.45) is 0 Å². The van der Waals surface area contributed by atoms with Gasteiger partial charge in [-0.1, -0.05) is 56.0 Å². The largest absolute Gasteiger partial charge is 0.489 e. The first-order valence-corrected chi connectivity index (χ1v) is 12.2. The second-order valence-corrected chi connectivity index (χ2v) is 9.11. The van der Waals surface area contributed by atoms with E-state index in [4.69, 9.17) is 16.3 Å². The Morgan fingerprint density at radius 2 is 1.76 bits per heavy atom. The first-order valence-electron chi connectivity index (χ1n) is 11.8. The second-order valence-electron chi connectivity index (χ2n) is 8.71. The van der Waals surface area contributed by atoms with E-state index < -0.39 is 0 Å². The number of halogens is 1. The molecule has 0 aliphatic rings. The van der Waals surface area contributed by atoms with Crippen LogP contribution in [0.25, 0.3) is 0 Å². The minimum atomic E-state index is 0.0608. The number of nitrogens with one attached hydrogen (secondary N) is 2. The molecule has 2 N–H and O–H groups in total. The van der Waals surface area contributed by atoms with Gasteiger partial charge in [0.25, 0.3) is 0 Å². The summed E-state index contributed by atoms with van der Waals surface area (Å²) in [6.45, 7) is 10.5. The number of hydrogen-bond donors (Lipinski definition) is 2. The first-order chi connectivity index (χ1) is 15.9. The molecule has 0 radical (unpaired) electrons. The highest BCUT2D eigenvalue weighted by Crippen LogP contribution is 2.33. The number of benzene rings is 2. The molecule has 0 bridgehead atoms. The Hall–Kier alpha value is -2.79. The van der Waals surface area contributed by atoms with Crippen LogP contribution >= 0.6 is 11.6 Å². The predicted octanol–water partition coefficient (Wildman–Crippen LogP) is 8.14. The molecule has 0 fully saturated rings. The number of nitrogens with zero attached hydrogens (tertiary/aromatic N) is 2. The molecule has 0 unspecified atom stereocenters. The maximum atomic E-state index is 6.38. The third-order valence-electron chi connectivity index (χ3n) is 5.49. The number of anilines is 4. The van der Waals surface area contributed by atoms with Crippen LogP contribution in [0.1, 0.15) is 63.1 Å². The fourth-order valence-corrected chi connectivity index (χ4v) is 3.81. The Morgan fingerprint density at radius 1 is 0.970 bits per heavy atom. The fraction of sp³-hybridized carbons (Fsp3) is 0.407. The van der Waals surface area contributed by atoms with E-state index >= 15 is 0 Å². The Balaban J connectivity index is 1.85. The summed E-state index contributed by atoms with van der Waals surface area (Å²) in [4.78, 5) is 9.02. The first kappa shape index (κ1) is 24.8. The minimum Gasteiger partial charge on any atom is -0.489 e. The van der Waals surface area contributed by atoms with Crippen LogP contribution in [0.2, 0.25) is 5.02 Å². The maximum Gasteiger partial charge on any atom is 0.229 e. The molecule has 0 saturated carbocycles. The summed E-state index contributed by atoms with van der Waals surface area (Å²) in [5.74, 6) is 1.83. The lowest BCUT2D eigenvalue weighted by Gasteiger charge is -2.19. The Bertz CT molecular complexity index is 1070. The summed E-state index contributed by atoms with van der Waals surface area (Å²) in [5, 5.41) is 7.12. The van der Waals surface area contributed by atoms with Crippen molar-refractivity contribution in [3.63, 3.8) is 0 Å². The van der Waals surface area contributed by atoms with Crippen LogP contribution in [0.5, 0.6) is 5.75 Å². The van der Waals surface area contributed by atoms with Crippen molar-refractivity contribution in [3.05, 3.63) is 64.3 Å². The quantitative estimate of drug-likeness (QED) is 0.279. The molecule has 1 heterocycles. The Labute approximate surface area is 203 Å². The smallest absolute Gasteiger partial charge is 0.229 e. The molecule has 2 aromatic carbocycles. The summed E-state index contributed by atoms with van der Waals surface area (Å²) in [6, 6.07) is 12.3. The zero-order valence-electron chi connectivity index (χ0n) is 20.3. The van der Waals surface area contributed by atoms with Crippen LogP contribution in [-0.4, -0.2) is 16.1 Å². The van der Waals surface area contributed by atoms with E-state index in [0.29, 0.717) is 16.8 Å². The zero-order chi connectivity index (χ0) is 23.8. The molecular weight excluding hydrogens is 432 g/mol. The van der Waals surface area contributed by atoms with Crippen LogP contribution in [0.15, 0.2) is 42.6 Å². The molecule has 176 valence electrons. The van der Waals surface area contributed by atoms with E-state index in [1.54, 1.807) is 6.20 Å². The lowest BCUT2D eigenvalue weighted by atomic mass is 10.0. The van der Waals surface area contributed by atoms with Gasteiger partial charge in [-0.05, 0) is 75.4 Å². The molecule has 0 saturated heterocycles. The molecule has 1 aromatic heterocycles. The lowest BCUT2D eigenvalue weighted by molar-refractivity contribution is 0.243.